The van der Waals surface area contributed by atoms with Gasteiger partial charge in [0.15, 0.2) is 5.17 Å². The number of fused-ring (bicyclic) bond motifs is 1. The van der Waals surface area contributed by atoms with Gasteiger partial charge >= 0.3 is 5.97 Å². The Morgan fingerprint density at radius 1 is 1.00 bits per heavy atom. The first-order chi connectivity index (χ1) is 18.6. The van der Waals surface area contributed by atoms with Crippen molar-refractivity contribution in [2.75, 3.05) is 6.54 Å². The normalized spacial score (nSPS) is 16.4. The van der Waals surface area contributed by atoms with Crippen LogP contribution in [0.3, 0.4) is 0 Å². The molecule has 3 aromatic rings. The number of carbonyl (C=O) groups excluding carboxylic acids is 2. The SMILES string of the molecule is CC1=C(C(=O)OCc2ccccc2)C(c2ccccc2)N2C(CC(=O)NCCc3ccccn3)=CSC2=N1. The van der Waals surface area contributed by atoms with Gasteiger partial charge in [0.25, 0.3) is 0 Å². The van der Waals surface area contributed by atoms with Gasteiger partial charge in [-0.3, -0.25) is 9.78 Å². The van der Waals surface area contributed by atoms with Crippen LogP contribution >= 0.6 is 11.8 Å². The minimum atomic E-state index is -0.449. The Balaban J connectivity index is 1.34. The maximum atomic E-state index is 13.5. The highest BCUT2D eigenvalue weighted by atomic mass is 32.2. The van der Waals surface area contributed by atoms with Crippen molar-refractivity contribution in [3.05, 3.63) is 124 Å². The van der Waals surface area contributed by atoms with E-state index in [1.165, 1.54) is 11.8 Å². The second kappa shape index (κ2) is 11.9. The summed E-state index contributed by atoms with van der Waals surface area (Å²) in [4.78, 5) is 37.4. The molecule has 1 unspecified atom stereocenters. The summed E-state index contributed by atoms with van der Waals surface area (Å²) in [7, 11) is 0. The molecule has 2 aliphatic rings. The van der Waals surface area contributed by atoms with Gasteiger partial charge in [0, 0.05) is 30.6 Å². The number of nitrogens with zero attached hydrogens (tertiary/aromatic N) is 3. The van der Waals surface area contributed by atoms with Crippen LogP contribution in [-0.4, -0.2) is 33.5 Å². The van der Waals surface area contributed by atoms with E-state index in [0.717, 1.165) is 27.7 Å². The Kier molecular flexibility index (Phi) is 7.99. The fourth-order valence-electron chi connectivity index (χ4n) is 4.49. The monoisotopic (exact) mass is 524 g/mol. The van der Waals surface area contributed by atoms with E-state index in [0.29, 0.717) is 24.2 Å². The van der Waals surface area contributed by atoms with E-state index in [1.54, 1.807) is 6.20 Å². The lowest BCUT2D eigenvalue weighted by molar-refractivity contribution is -0.141. The van der Waals surface area contributed by atoms with Crippen molar-refractivity contribution in [1.29, 1.82) is 0 Å². The van der Waals surface area contributed by atoms with Crippen molar-refractivity contribution >= 4 is 28.8 Å². The van der Waals surface area contributed by atoms with Crippen LogP contribution in [-0.2, 0) is 27.4 Å². The molecule has 0 aliphatic carbocycles. The van der Waals surface area contributed by atoms with Gasteiger partial charge in [-0.05, 0) is 35.6 Å². The molecule has 1 amide bonds. The smallest absolute Gasteiger partial charge is 0.338 e. The van der Waals surface area contributed by atoms with E-state index in [-0.39, 0.29) is 18.9 Å². The molecule has 0 spiro atoms. The van der Waals surface area contributed by atoms with E-state index in [1.807, 2.05) is 96.1 Å². The van der Waals surface area contributed by atoms with Crippen molar-refractivity contribution in [1.82, 2.24) is 15.2 Å². The number of thioether (sulfide) groups is 1. The molecule has 38 heavy (non-hydrogen) atoms. The minimum absolute atomic E-state index is 0.0969. The number of amidine groups is 1. The highest BCUT2D eigenvalue weighted by Gasteiger charge is 2.41. The third-order valence-corrected chi connectivity index (χ3v) is 7.21. The quantitative estimate of drug-likeness (QED) is 0.390. The summed E-state index contributed by atoms with van der Waals surface area (Å²) >= 11 is 1.46. The number of hydrogen-bond acceptors (Lipinski definition) is 7. The molecule has 2 aliphatic heterocycles. The predicted octanol–water partition coefficient (Wildman–Crippen LogP) is 5.15. The van der Waals surface area contributed by atoms with Crippen molar-refractivity contribution in [3.8, 4) is 0 Å². The van der Waals surface area contributed by atoms with Crippen LogP contribution in [0, 0.1) is 0 Å². The second-order valence-corrected chi connectivity index (χ2v) is 9.80. The number of pyridine rings is 1. The summed E-state index contributed by atoms with van der Waals surface area (Å²) in [6.45, 7) is 2.50. The van der Waals surface area contributed by atoms with Crippen molar-refractivity contribution < 1.29 is 14.3 Å². The van der Waals surface area contributed by atoms with Crippen LogP contribution < -0.4 is 5.32 Å². The van der Waals surface area contributed by atoms with Crippen LogP contribution in [0.4, 0.5) is 0 Å². The highest BCUT2D eigenvalue weighted by Crippen LogP contribution is 2.44. The van der Waals surface area contributed by atoms with Crippen molar-refractivity contribution in [3.63, 3.8) is 0 Å². The summed E-state index contributed by atoms with van der Waals surface area (Å²) in [6.07, 6.45) is 2.57. The summed E-state index contributed by atoms with van der Waals surface area (Å²) < 4.78 is 5.75. The molecule has 0 radical (unpaired) electrons. The first-order valence-electron chi connectivity index (χ1n) is 12.5. The molecule has 7 nitrogen and oxygen atoms in total. The van der Waals surface area contributed by atoms with Crippen LogP contribution in [0.5, 0.6) is 0 Å². The number of carbonyl (C=O) groups is 2. The first kappa shape index (κ1) is 25.5. The maximum Gasteiger partial charge on any atom is 0.338 e. The molecule has 0 saturated carbocycles. The lowest BCUT2D eigenvalue weighted by Crippen LogP contribution is -2.38. The molecule has 5 rings (SSSR count). The maximum absolute atomic E-state index is 13.5. The Bertz CT molecular complexity index is 1390. The van der Waals surface area contributed by atoms with Gasteiger partial charge in [-0.15, -0.1) is 0 Å². The zero-order valence-electron chi connectivity index (χ0n) is 21.0. The molecule has 192 valence electrons. The summed E-state index contributed by atoms with van der Waals surface area (Å²) in [5.74, 6) is -0.514. The van der Waals surface area contributed by atoms with E-state index < -0.39 is 12.0 Å². The van der Waals surface area contributed by atoms with Crippen LogP contribution in [0.25, 0.3) is 0 Å². The molecule has 1 N–H and O–H groups in total. The highest BCUT2D eigenvalue weighted by molar-refractivity contribution is 8.16. The molecule has 0 saturated heterocycles. The Labute approximate surface area is 226 Å². The van der Waals surface area contributed by atoms with Gasteiger partial charge in [0.2, 0.25) is 5.91 Å². The molecule has 3 heterocycles. The largest absolute Gasteiger partial charge is 0.457 e. The number of amides is 1. The summed E-state index contributed by atoms with van der Waals surface area (Å²) in [5.41, 5.74) is 4.64. The molecular weight excluding hydrogens is 496 g/mol. The molecule has 0 fully saturated rings. The summed E-state index contributed by atoms with van der Waals surface area (Å²) in [5, 5.41) is 5.68. The van der Waals surface area contributed by atoms with Gasteiger partial charge in [-0.1, -0.05) is 78.5 Å². The number of aromatic nitrogens is 1. The van der Waals surface area contributed by atoms with Crippen molar-refractivity contribution in [2.24, 2.45) is 4.99 Å². The van der Waals surface area contributed by atoms with Gasteiger partial charge < -0.3 is 15.0 Å². The zero-order valence-corrected chi connectivity index (χ0v) is 21.9. The van der Waals surface area contributed by atoms with E-state index in [2.05, 4.69) is 10.3 Å². The van der Waals surface area contributed by atoms with E-state index in [9.17, 15) is 9.59 Å². The lowest BCUT2D eigenvalue weighted by atomic mass is 9.94. The second-order valence-electron chi connectivity index (χ2n) is 8.96. The third-order valence-electron chi connectivity index (χ3n) is 6.32. The van der Waals surface area contributed by atoms with Crippen LogP contribution in [0.15, 0.2) is 112 Å². The lowest BCUT2D eigenvalue weighted by Gasteiger charge is -2.36. The Morgan fingerprint density at radius 2 is 1.74 bits per heavy atom. The number of benzene rings is 2. The Hall–Kier alpha value is -4.17. The number of allylic oxidation sites excluding steroid dienone is 1. The van der Waals surface area contributed by atoms with Gasteiger partial charge in [-0.2, -0.15) is 0 Å². The molecule has 8 heteroatoms. The predicted molar refractivity (Wildman–Crippen MR) is 149 cm³/mol. The number of nitrogens with one attached hydrogen (secondary N) is 1. The average Bonchev–Trinajstić information content (AvgIpc) is 3.34. The van der Waals surface area contributed by atoms with E-state index >= 15 is 0 Å². The van der Waals surface area contributed by atoms with Crippen LogP contribution in [0.1, 0.15) is 36.2 Å². The molecule has 2 aromatic carbocycles. The molecule has 1 atom stereocenters. The third kappa shape index (κ3) is 5.86. The number of hydrogen-bond donors (Lipinski definition) is 1. The summed E-state index contributed by atoms with van der Waals surface area (Å²) in [6, 6.07) is 24.7. The molecule has 0 bridgehead atoms. The van der Waals surface area contributed by atoms with Crippen LogP contribution in [0.2, 0.25) is 0 Å². The topological polar surface area (TPSA) is 83.9 Å². The van der Waals surface area contributed by atoms with Gasteiger partial charge in [-0.25, -0.2) is 9.79 Å². The van der Waals surface area contributed by atoms with Gasteiger partial charge in [0.1, 0.15) is 6.61 Å². The molecule has 1 aromatic heterocycles. The number of aliphatic imine (C=N–C) groups is 1. The van der Waals surface area contributed by atoms with Crippen molar-refractivity contribution in [2.45, 2.75) is 32.4 Å². The fourth-order valence-corrected chi connectivity index (χ4v) is 5.45. The van der Waals surface area contributed by atoms with Gasteiger partial charge in [0.05, 0.1) is 23.7 Å². The number of ether oxygens (including phenoxy) is 1. The molecular formula is C30H28N4O3S. The average molecular weight is 525 g/mol. The zero-order chi connectivity index (χ0) is 26.3. The number of esters is 1. The standard InChI is InChI=1S/C30H28N4O3S/c1-21-27(29(36)37-19-22-10-4-2-5-11-22)28(23-12-6-3-7-13-23)34-25(20-38-30(34)33-21)18-26(35)32-17-15-24-14-8-9-16-31-24/h2-14,16,20,28H,15,17-19H2,1H3,(H,32,35). The van der Waals surface area contributed by atoms with E-state index in [4.69, 9.17) is 9.73 Å². The minimum Gasteiger partial charge on any atom is -0.457 e. The fraction of sp³-hybridized carbons (Fsp3) is 0.200. The first-order valence-corrected chi connectivity index (χ1v) is 13.3. The number of rotatable bonds is 9. The Morgan fingerprint density at radius 3 is 2.47 bits per heavy atom.